The van der Waals surface area contributed by atoms with Crippen LogP contribution >= 0.6 is 12.4 Å². The highest BCUT2D eigenvalue weighted by Crippen LogP contribution is 2.18. The van der Waals surface area contributed by atoms with Gasteiger partial charge in [0.2, 0.25) is 0 Å². The molecule has 0 unspecified atom stereocenters. The van der Waals surface area contributed by atoms with Gasteiger partial charge in [-0.15, -0.1) is 12.4 Å². The van der Waals surface area contributed by atoms with Crippen molar-refractivity contribution < 1.29 is 9.59 Å². The van der Waals surface area contributed by atoms with Gasteiger partial charge in [0.15, 0.2) is 0 Å². The Bertz CT molecular complexity index is 515. The molecule has 7 heteroatoms. The summed E-state index contributed by atoms with van der Waals surface area (Å²) in [7, 11) is 0. The Morgan fingerprint density at radius 3 is 2.39 bits per heavy atom. The monoisotopic (exact) mass is 340 g/mol. The molecule has 0 aliphatic carbocycles. The summed E-state index contributed by atoms with van der Waals surface area (Å²) >= 11 is 0. The van der Waals surface area contributed by atoms with Gasteiger partial charge in [-0.25, -0.2) is 4.79 Å². The van der Waals surface area contributed by atoms with E-state index in [4.69, 9.17) is 5.73 Å². The fraction of sp³-hybridized carbons (Fsp3) is 0.500. The highest BCUT2D eigenvalue weighted by molar-refractivity contribution is 5.95. The third kappa shape index (κ3) is 5.41. The lowest BCUT2D eigenvalue weighted by molar-refractivity contribution is 0.0642. The van der Waals surface area contributed by atoms with E-state index in [2.05, 4.69) is 17.6 Å². The van der Waals surface area contributed by atoms with Crippen LogP contribution in [0.4, 0.5) is 10.5 Å². The number of primary amides is 1. The summed E-state index contributed by atoms with van der Waals surface area (Å²) in [6.07, 6.45) is 2.93. The molecule has 6 nitrogen and oxygen atoms in total. The van der Waals surface area contributed by atoms with Crippen molar-refractivity contribution in [3.8, 4) is 0 Å². The van der Waals surface area contributed by atoms with Crippen LogP contribution in [0.2, 0.25) is 0 Å². The Balaban J connectivity index is 0.00000264. The highest BCUT2D eigenvalue weighted by atomic mass is 35.5. The number of hydrogen-bond acceptors (Lipinski definition) is 3. The van der Waals surface area contributed by atoms with Crippen molar-refractivity contribution >= 4 is 30.0 Å². The molecule has 1 aromatic carbocycles. The third-order valence-electron chi connectivity index (χ3n) is 3.87. The van der Waals surface area contributed by atoms with Crippen LogP contribution in [0.1, 0.15) is 36.5 Å². The van der Waals surface area contributed by atoms with Gasteiger partial charge in [0.1, 0.15) is 0 Å². The van der Waals surface area contributed by atoms with Gasteiger partial charge in [-0.1, -0.05) is 6.92 Å². The van der Waals surface area contributed by atoms with E-state index in [1.165, 1.54) is 0 Å². The molecule has 3 amide bonds. The fourth-order valence-electron chi connectivity index (χ4n) is 2.81. The number of carbonyl (C=O) groups is 2. The minimum Gasteiger partial charge on any atom is -0.351 e. The van der Waals surface area contributed by atoms with Crippen molar-refractivity contribution in [1.29, 1.82) is 0 Å². The van der Waals surface area contributed by atoms with Gasteiger partial charge in [-0.05, 0) is 56.6 Å². The summed E-state index contributed by atoms with van der Waals surface area (Å²) in [5.74, 6) is 0.0550. The van der Waals surface area contributed by atoms with E-state index >= 15 is 0 Å². The van der Waals surface area contributed by atoms with Crippen LogP contribution in [0.25, 0.3) is 0 Å². The van der Waals surface area contributed by atoms with Gasteiger partial charge in [0.05, 0.1) is 0 Å². The largest absolute Gasteiger partial charge is 0.351 e. The molecule has 1 aliphatic rings. The number of carbonyl (C=O) groups excluding carboxylic acids is 2. The highest BCUT2D eigenvalue weighted by Gasteiger charge is 2.25. The maximum absolute atomic E-state index is 12.8. The Morgan fingerprint density at radius 2 is 1.87 bits per heavy atom. The molecule has 2 rings (SSSR count). The maximum atomic E-state index is 12.8. The number of nitrogens with one attached hydrogen (secondary N) is 2. The molecule has 0 aromatic heterocycles. The predicted octanol–water partition coefficient (Wildman–Crippen LogP) is 2.20. The molecule has 1 saturated heterocycles. The SMILES string of the molecule is CCCN(C(=O)c1ccc(NC(N)=O)cc1)C1CCNCC1.Cl. The van der Waals surface area contributed by atoms with Crippen molar-refractivity contribution in [2.24, 2.45) is 5.73 Å². The molecule has 0 spiro atoms. The van der Waals surface area contributed by atoms with Crippen molar-refractivity contribution in [3.05, 3.63) is 29.8 Å². The summed E-state index contributed by atoms with van der Waals surface area (Å²) in [4.78, 5) is 25.6. The molecule has 1 aromatic rings. The van der Waals surface area contributed by atoms with E-state index in [1.54, 1.807) is 24.3 Å². The zero-order valence-corrected chi connectivity index (χ0v) is 14.2. The Labute approximate surface area is 143 Å². The molecular formula is C16H25ClN4O2. The lowest BCUT2D eigenvalue weighted by Crippen LogP contribution is -2.46. The van der Waals surface area contributed by atoms with E-state index in [-0.39, 0.29) is 18.3 Å². The average molecular weight is 341 g/mol. The molecule has 1 heterocycles. The Kier molecular flexibility index (Phi) is 7.85. The number of amides is 3. The first-order valence-corrected chi connectivity index (χ1v) is 7.80. The number of hydrogen-bond donors (Lipinski definition) is 3. The lowest BCUT2D eigenvalue weighted by Gasteiger charge is -2.34. The number of anilines is 1. The van der Waals surface area contributed by atoms with E-state index in [1.807, 2.05) is 4.90 Å². The maximum Gasteiger partial charge on any atom is 0.316 e. The van der Waals surface area contributed by atoms with Crippen LogP contribution in [-0.2, 0) is 0 Å². The van der Waals surface area contributed by atoms with Crippen LogP contribution in [-0.4, -0.2) is 42.5 Å². The summed E-state index contributed by atoms with van der Waals surface area (Å²) in [6.45, 7) is 4.77. The number of piperidine rings is 1. The second-order valence-electron chi connectivity index (χ2n) is 5.55. The van der Waals surface area contributed by atoms with Gasteiger partial charge in [-0.3, -0.25) is 4.79 Å². The molecule has 0 bridgehead atoms. The summed E-state index contributed by atoms with van der Waals surface area (Å²) in [5.41, 5.74) is 6.31. The van der Waals surface area contributed by atoms with Crippen LogP contribution in [0.3, 0.4) is 0 Å². The van der Waals surface area contributed by atoms with Crippen molar-refractivity contribution in [3.63, 3.8) is 0 Å². The van der Waals surface area contributed by atoms with E-state index in [9.17, 15) is 9.59 Å². The number of urea groups is 1. The molecule has 23 heavy (non-hydrogen) atoms. The number of rotatable bonds is 5. The normalized spacial score (nSPS) is 14.7. The number of nitrogens with zero attached hydrogens (tertiary/aromatic N) is 1. The van der Waals surface area contributed by atoms with E-state index in [0.717, 1.165) is 38.9 Å². The van der Waals surface area contributed by atoms with E-state index < -0.39 is 6.03 Å². The van der Waals surface area contributed by atoms with E-state index in [0.29, 0.717) is 17.3 Å². The topological polar surface area (TPSA) is 87.5 Å². The molecule has 1 aliphatic heterocycles. The smallest absolute Gasteiger partial charge is 0.316 e. The van der Waals surface area contributed by atoms with Crippen molar-refractivity contribution in [2.45, 2.75) is 32.2 Å². The fourth-order valence-corrected chi connectivity index (χ4v) is 2.81. The summed E-state index contributed by atoms with van der Waals surface area (Å²) in [6, 6.07) is 6.56. The quantitative estimate of drug-likeness (QED) is 0.767. The van der Waals surface area contributed by atoms with Gasteiger partial charge < -0.3 is 21.3 Å². The zero-order valence-electron chi connectivity index (χ0n) is 13.4. The van der Waals surface area contributed by atoms with Crippen LogP contribution in [0, 0.1) is 0 Å². The van der Waals surface area contributed by atoms with Crippen molar-refractivity contribution in [2.75, 3.05) is 25.0 Å². The number of benzene rings is 1. The summed E-state index contributed by atoms with van der Waals surface area (Å²) < 4.78 is 0. The van der Waals surface area contributed by atoms with Crippen LogP contribution in [0.5, 0.6) is 0 Å². The predicted molar refractivity (Wildman–Crippen MR) is 94.1 cm³/mol. The zero-order chi connectivity index (χ0) is 15.9. The molecular weight excluding hydrogens is 316 g/mol. The second-order valence-corrected chi connectivity index (χ2v) is 5.55. The Hall–Kier alpha value is -1.79. The summed E-state index contributed by atoms with van der Waals surface area (Å²) in [5, 5.41) is 5.82. The number of halogens is 1. The van der Waals surface area contributed by atoms with Crippen molar-refractivity contribution in [1.82, 2.24) is 10.2 Å². The molecule has 1 fully saturated rings. The first-order valence-electron chi connectivity index (χ1n) is 7.80. The van der Waals surface area contributed by atoms with Crippen LogP contribution in [0.15, 0.2) is 24.3 Å². The first-order chi connectivity index (χ1) is 10.6. The van der Waals surface area contributed by atoms with Crippen LogP contribution < -0.4 is 16.4 Å². The minimum absolute atomic E-state index is 0. The third-order valence-corrected chi connectivity index (χ3v) is 3.87. The molecule has 0 atom stereocenters. The van der Waals surface area contributed by atoms with Gasteiger partial charge >= 0.3 is 6.03 Å². The molecule has 0 radical (unpaired) electrons. The Morgan fingerprint density at radius 1 is 1.26 bits per heavy atom. The molecule has 0 saturated carbocycles. The lowest BCUT2D eigenvalue weighted by atomic mass is 10.0. The average Bonchev–Trinajstić information content (AvgIpc) is 2.53. The van der Waals surface area contributed by atoms with Gasteiger partial charge in [0.25, 0.3) is 5.91 Å². The second kappa shape index (κ2) is 9.37. The molecule has 128 valence electrons. The standard InChI is InChI=1S/C16H24N4O2.ClH/c1-2-11-20(14-7-9-18-10-8-14)15(21)12-3-5-13(6-4-12)19-16(17)22;/h3-6,14,18H,2,7-11H2,1H3,(H3,17,19,22);1H. The first kappa shape index (κ1) is 19.3. The minimum atomic E-state index is -0.610. The van der Waals surface area contributed by atoms with Gasteiger partial charge in [-0.2, -0.15) is 0 Å². The molecule has 4 N–H and O–H groups in total. The number of nitrogens with two attached hydrogens (primary N) is 1. The van der Waals surface area contributed by atoms with Gasteiger partial charge in [0, 0.05) is 23.8 Å².